The highest BCUT2D eigenvalue weighted by atomic mass is 35.5. The van der Waals surface area contributed by atoms with Crippen LogP contribution in [0.5, 0.6) is 0 Å². The quantitative estimate of drug-likeness (QED) is 0.687. The van der Waals surface area contributed by atoms with Gasteiger partial charge in [0, 0.05) is 49.3 Å². The van der Waals surface area contributed by atoms with Crippen molar-refractivity contribution in [1.29, 1.82) is 0 Å². The summed E-state index contributed by atoms with van der Waals surface area (Å²) >= 11 is 0. The summed E-state index contributed by atoms with van der Waals surface area (Å²) in [6.45, 7) is 5.53. The van der Waals surface area contributed by atoms with Gasteiger partial charge in [0.25, 0.3) is 5.91 Å². The molecular formula is C19H22Cl2N6O. The zero-order valence-electron chi connectivity index (χ0n) is 15.4. The molecule has 2 fully saturated rings. The fourth-order valence-corrected chi connectivity index (χ4v) is 4.22. The Labute approximate surface area is 175 Å². The molecule has 1 N–H and O–H groups in total. The van der Waals surface area contributed by atoms with Crippen molar-refractivity contribution in [1.82, 2.24) is 30.2 Å². The lowest BCUT2D eigenvalue weighted by molar-refractivity contribution is 0.0775. The molecule has 0 saturated carbocycles. The monoisotopic (exact) mass is 420 g/mol. The van der Waals surface area contributed by atoms with Crippen LogP contribution in [0.1, 0.15) is 16.2 Å². The Morgan fingerprint density at radius 1 is 1.14 bits per heavy atom. The van der Waals surface area contributed by atoms with Crippen molar-refractivity contribution >= 4 is 41.5 Å². The minimum atomic E-state index is -0.00921. The van der Waals surface area contributed by atoms with E-state index in [4.69, 9.17) is 0 Å². The maximum Gasteiger partial charge on any atom is 0.276 e. The lowest BCUT2D eigenvalue weighted by atomic mass is 10.0. The number of fused-ring (bicyclic) bond motifs is 2. The molecule has 2 aliphatic rings. The first-order valence-electron chi connectivity index (χ1n) is 8.98. The third-order valence-electron chi connectivity index (χ3n) is 5.66. The first-order chi connectivity index (χ1) is 12.7. The van der Waals surface area contributed by atoms with Crippen molar-refractivity contribution < 1.29 is 4.79 Å². The molecule has 148 valence electrons. The summed E-state index contributed by atoms with van der Waals surface area (Å²) in [4.78, 5) is 19.1. The molecule has 2 aromatic heterocycles. The fourth-order valence-electron chi connectivity index (χ4n) is 4.22. The number of amides is 1. The molecule has 1 amide bonds. The molecule has 2 aliphatic heterocycles. The van der Waals surface area contributed by atoms with Gasteiger partial charge >= 0.3 is 0 Å². The van der Waals surface area contributed by atoms with Crippen molar-refractivity contribution in [3.63, 3.8) is 0 Å². The van der Waals surface area contributed by atoms with Crippen LogP contribution in [-0.4, -0.2) is 57.0 Å². The summed E-state index contributed by atoms with van der Waals surface area (Å²) in [6, 6.07) is 7.93. The Balaban J connectivity index is 0.00000112. The van der Waals surface area contributed by atoms with E-state index in [0.29, 0.717) is 17.5 Å². The second-order valence-corrected chi connectivity index (χ2v) is 7.20. The molecule has 1 aromatic carbocycles. The summed E-state index contributed by atoms with van der Waals surface area (Å²) in [6.07, 6.45) is 3.59. The van der Waals surface area contributed by atoms with E-state index in [0.717, 1.165) is 48.3 Å². The number of benzene rings is 1. The van der Waals surface area contributed by atoms with Gasteiger partial charge in [0.15, 0.2) is 5.69 Å². The molecule has 2 atom stereocenters. The molecule has 0 aliphatic carbocycles. The summed E-state index contributed by atoms with van der Waals surface area (Å²) in [5, 5.41) is 14.0. The maximum atomic E-state index is 13.0. The first kappa shape index (κ1) is 20.5. The number of carbonyl (C=O) groups is 1. The number of halogens is 2. The van der Waals surface area contributed by atoms with Gasteiger partial charge in [-0.05, 0) is 30.9 Å². The average Bonchev–Trinajstić information content (AvgIpc) is 3.35. The van der Waals surface area contributed by atoms with Crippen LogP contribution in [0, 0.1) is 18.8 Å². The van der Waals surface area contributed by atoms with Gasteiger partial charge in [0.05, 0.1) is 11.4 Å². The number of pyridine rings is 1. The van der Waals surface area contributed by atoms with Gasteiger partial charge in [-0.1, -0.05) is 17.3 Å². The van der Waals surface area contributed by atoms with Crippen molar-refractivity contribution in [2.24, 2.45) is 11.8 Å². The minimum absolute atomic E-state index is 0. The second kappa shape index (κ2) is 8.03. The Morgan fingerprint density at radius 2 is 1.89 bits per heavy atom. The van der Waals surface area contributed by atoms with E-state index in [9.17, 15) is 4.79 Å². The fraction of sp³-hybridized carbons (Fsp3) is 0.368. The predicted molar refractivity (Wildman–Crippen MR) is 112 cm³/mol. The molecule has 4 heterocycles. The van der Waals surface area contributed by atoms with Crippen LogP contribution in [0.15, 0.2) is 36.7 Å². The van der Waals surface area contributed by atoms with E-state index in [1.165, 1.54) is 0 Å². The topological polar surface area (TPSA) is 75.9 Å². The molecule has 7 nitrogen and oxygen atoms in total. The van der Waals surface area contributed by atoms with Crippen molar-refractivity contribution in [2.75, 3.05) is 26.2 Å². The molecule has 0 spiro atoms. The second-order valence-electron chi connectivity index (χ2n) is 7.20. The summed E-state index contributed by atoms with van der Waals surface area (Å²) in [7, 11) is 0. The largest absolute Gasteiger partial charge is 0.337 e. The van der Waals surface area contributed by atoms with E-state index >= 15 is 0 Å². The van der Waals surface area contributed by atoms with Gasteiger partial charge in [0.1, 0.15) is 0 Å². The molecule has 0 bridgehead atoms. The predicted octanol–water partition coefficient (Wildman–Crippen LogP) is 2.26. The number of hydrogen-bond acceptors (Lipinski definition) is 5. The smallest absolute Gasteiger partial charge is 0.276 e. The Kier molecular flexibility index (Phi) is 5.88. The van der Waals surface area contributed by atoms with E-state index < -0.39 is 0 Å². The normalized spacial score (nSPS) is 20.5. The lowest BCUT2D eigenvalue weighted by Gasteiger charge is -2.16. The van der Waals surface area contributed by atoms with E-state index in [-0.39, 0.29) is 30.7 Å². The highest BCUT2D eigenvalue weighted by molar-refractivity contribution is 5.94. The van der Waals surface area contributed by atoms with Crippen LogP contribution >= 0.6 is 24.8 Å². The van der Waals surface area contributed by atoms with E-state index in [1.807, 2.05) is 42.3 Å². The lowest BCUT2D eigenvalue weighted by Crippen LogP contribution is -2.32. The van der Waals surface area contributed by atoms with Crippen LogP contribution in [0.2, 0.25) is 0 Å². The number of rotatable bonds is 2. The van der Waals surface area contributed by atoms with Crippen LogP contribution in [-0.2, 0) is 0 Å². The van der Waals surface area contributed by atoms with E-state index in [2.05, 4.69) is 20.6 Å². The Hall–Kier alpha value is -2.22. The van der Waals surface area contributed by atoms with Crippen LogP contribution in [0.25, 0.3) is 16.5 Å². The molecule has 0 radical (unpaired) electrons. The molecule has 2 saturated heterocycles. The molecule has 3 aromatic rings. The van der Waals surface area contributed by atoms with Gasteiger partial charge in [-0.3, -0.25) is 9.78 Å². The molecule has 0 unspecified atom stereocenters. The van der Waals surface area contributed by atoms with Crippen LogP contribution in [0.4, 0.5) is 0 Å². The van der Waals surface area contributed by atoms with Gasteiger partial charge in [0.2, 0.25) is 0 Å². The average molecular weight is 421 g/mol. The highest BCUT2D eigenvalue weighted by Crippen LogP contribution is 2.28. The maximum absolute atomic E-state index is 13.0. The van der Waals surface area contributed by atoms with Crippen LogP contribution in [0.3, 0.4) is 0 Å². The number of carbonyl (C=O) groups excluding carboxylic acids is 1. The molecule has 28 heavy (non-hydrogen) atoms. The summed E-state index contributed by atoms with van der Waals surface area (Å²) in [5.74, 6) is 1.13. The Bertz CT molecular complexity index is 990. The third-order valence-corrected chi connectivity index (χ3v) is 5.66. The first-order valence-corrected chi connectivity index (χ1v) is 8.98. The van der Waals surface area contributed by atoms with Gasteiger partial charge in [-0.25, -0.2) is 4.68 Å². The summed E-state index contributed by atoms with van der Waals surface area (Å²) < 4.78 is 1.76. The zero-order valence-corrected chi connectivity index (χ0v) is 17.0. The summed E-state index contributed by atoms with van der Waals surface area (Å²) in [5.41, 5.74) is 2.13. The zero-order chi connectivity index (χ0) is 17.7. The van der Waals surface area contributed by atoms with Crippen molar-refractivity contribution in [2.45, 2.75) is 6.92 Å². The Morgan fingerprint density at radius 3 is 2.64 bits per heavy atom. The number of likely N-dealkylation sites (tertiary alicyclic amines) is 1. The van der Waals surface area contributed by atoms with Gasteiger partial charge in [-0.15, -0.1) is 29.9 Å². The van der Waals surface area contributed by atoms with Crippen molar-refractivity contribution in [3.8, 4) is 5.69 Å². The van der Waals surface area contributed by atoms with Gasteiger partial charge in [-0.2, -0.15) is 0 Å². The number of hydrogen-bond donors (Lipinski definition) is 1. The molecular weight excluding hydrogens is 399 g/mol. The number of aromatic nitrogens is 4. The van der Waals surface area contributed by atoms with Crippen LogP contribution < -0.4 is 5.32 Å². The van der Waals surface area contributed by atoms with Crippen molar-refractivity contribution in [3.05, 3.63) is 48.0 Å². The SMILES string of the molecule is Cc1c(C(=O)N2C[C@H]3CNC[C@H]3C2)nnn1-c1cccc2cnccc12.Cl.Cl. The minimum Gasteiger partial charge on any atom is -0.337 e. The van der Waals surface area contributed by atoms with Gasteiger partial charge < -0.3 is 10.2 Å². The number of nitrogens with zero attached hydrogens (tertiary/aromatic N) is 5. The standard InChI is InChI=1S/C19H20N6O.2ClH/c1-12-18(19(26)24-10-14-8-21-9-15(14)11-24)22-23-25(12)17-4-2-3-13-7-20-6-5-16(13)17;;/h2-7,14-15,21H,8-11H2,1H3;2*1H/t14-,15+;;. The third kappa shape index (κ3) is 3.23. The highest BCUT2D eigenvalue weighted by Gasteiger charge is 2.39. The molecule has 9 heteroatoms. The molecule has 5 rings (SSSR count). The van der Waals surface area contributed by atoms with E-state index in [1.54, 1.807) is 10.9 Å². The number of nitrogens with one attached hydrogen (secondary N) is 1.